The summed E-state index contributed by atoms with van der Waals surface area (Å²) in [6.45, 7) is 5.35. The van der Waals surface area contributed by atoms with Gasteiger partial charge in [-0.1, -0.05) is 6.42 Å². The number of Topliss-reactive ketones (excluding diaryl/α,β-unsaturated/α-hetero) is 1. The molecular weight excluding hydrogens is 270 g/mol. The van der Waals surface area contributed by atoms with Gasteiger partial charge in [0, 0.05) is 18.3 Å². The van der Waals surface area contributed by atoms with Gasteiger partial charge in [-0.25, -0.2) is 9.78 Å². The van der Waals surface area contributed by atoms with Crippen LogP contribution in [0.4, 0.5) is 10.6 Å². The number of anilines is 1. The Balaban J connectivity index is 2.02. The van der Waals surface area contributed by atoms with Crippen LogP contribution in [0, 0.1) is 5.92 Å². The van der Waals surface area contributed by atoms with Crippen molar-refractivity contribution < 1.29 is 14.3 Å². The number of nitrogens with one attached hydrogen (secondary N) is 1. The maximum atomic E-state index is 12.0. The molecule has 1 N–H and O–H groups in total. The number of amides is 1. The average Bonchev–Trinajstić information content (AvgIpc) is 2.26. The Bertz CT molecular complexity index is 533. The lowest BCUT2D eigenvalue weighted by atomic mass is 9.81. The molecule has 21 heavy (non-hydrogen) atoms. The predicted molar refractivity (Wildman–Crippen MR) is 77.9 cm³/mol. The maximum absolute atomic E-state index is 12.0. The Morgan fingerprint density at radius 2 is 1.95 bits per heavy atom. The van der Waals surface area contributed by atoms with E-state index in [4.69, 9.17) is 4.74 Å². The first kappa shape index (κ1) is 15.4. The van der Waals surface area contributed by atoms with Crippen LogP contribution in [0.5, 0.6) is 0 Å². The Morgan fingerprint density at radius 1 is 1.29 bits per heavy atom. The van der Waals surface area contributed by atoms with Crippen LogP contribution in [-0.4, -0.2) is 27.4 Å². The molecule has 1 amide bonds. The summed E-state index contributed by atoms with van der Waals surface area (Å²) < 4.78 is 5.18. The molecule has 2 rings (SSSR count). The molecule has 6 nitrogen and oxygen atoms in total. The van der Waals surface area contributed by atoms with Crippen molar-refractivity contribution in [2.45, 2.75) is 52.1 Å². The van der Waals surface area contributed by atoms with Crippen molar-refractivity contribution in [2.75, 3.05) is 5.32 Å². The van der Waals surface area contributed by atoms with E-state index in [0.29, 0.717) is 11.5 Å². The predicted octanol–water partition coefficient (Wildman–Crippen LogP) is 2.74. The van der Waals surface area contributed by atoms with Crippen molar-refractivity contribution in [3.8, 4) is 0 Å². The van der Waals surface area contributed by atoms with Gasteiger partial charge in [0.2, 0.25) is 0 Å². The normalized spacial score (nSPS) is 15.2. The highest BCUT2D eigenvalue weighted by atomic mass is 16.6. The van der Waals surface area contributed by atoms with Crippen molar-refractivity contribution in [1.29, 1.82) is 0 Å². The molecule has 0 atom stereocenters. The van der Waals surface area contributed by atoms with Gasteiger partial charge >= 0.3 is 6.09 Å². The Kier molecular flexibility index (Phi) is 4.55. The van der Waals surface area contributed by atoms with Gasteiger partial charge in [0.25, 0.3) is 0 Å². The highest BCUT2D eigenvalue weighted by molar-refractivity contribution is 5.88. The fourth-order valence-corrected chi connectivity index (χ4v) is 2.04. The first-order valence-corrected chi connectivity index (χ1v) is 7.18. The summed E-state index contributed by atoms with van der Waals surface area (Å²) in [6.07, 6.45) is 5.61. The van der Waals surface area contributed by atoms with Gasteiger partial charge < -0.3 is 4.74 Å². The second-order valence-corrected chi connectivity index (χ2v) is 6.25. The second kappa shape index (κ2) is 6.20. The zero-order chi connectivity index (χ0) is 15.5. The van der Waals surface area contributed by atoms with Crippen LogP contribution in [0.25, 0.3) is 0 Å². The third-order valence-corrected chi connectivity index (χ3v) is 3.30. The quantitative estimate of drug-likeness (QED) is 0.922. The molecule has 6 heteroatoms. The van der Waals surface area contributed by atoms with E-state index in [9.17, 15) is 9.59 Å². The molecule has 1 saturated carbocycles. The highest BCUT2D eigenvalue weighted by Crippen LogP contribution is 2.28. The van der Waals surface area contributed by atoms with Crippen LogP contribution >= 0.6 is 0 Å². The van der Waals surface area contributed by atoms with Gasteiger partial charge in [0.05, 0.1) is 12.1 Å². The fraction of sp³-hybridized carbons (Fsp3) is 0.600. The lowest BCUT2D eigenvalue weighted by molar-refractivity contribution is -0.124. The third kappa shape index (κ3) is 4.51. The van der Waals surface area contributed by atoms with Crippen LogP contribution in [0.3, 0.4) is 0 Å². The van der Waals surface area contributed by atoms with Gasteiger partial charge in [-0.05, 0) is 33.6 Å². The van der Waals surface area contributed by atoms with E-state index in [1.54, 1.807) is 20.8 Å². The summed E-state index contributed by atoms with van der Waals surface area (Å²) in [4.78, 5) is 32.1. The van der Waals surface area contributed by atoms with Crippen molar-refractivity contribution >= 4 is 17.7 Å². The summed E-state index contributed by atoms with van der Waals surface area (Å²) in [6, 6.07) is 0. The van der Waals surface area contributed by atoms with E-state index >= 15 is 0 Å². The molecule has 1 aliphatic rings. The molecule has 1 aliphatic carbocycles. The minimum absolute atomic E-state index is 0.140. The van der Waals surface area contributed by atoms with E-state index in [1.807, 2.05) is 0 Å². The van der Waals surface area contributed by atoms with Gasteiger partial charge in [0.1, 0.15) is 11.4 Å². The number of nitrogens with zero attached hydrogens (tertiary/aromatic N) is 2. The number of ketones is 1. The monoisotopic (exact) mass is 291 g/mol. The number of aromatic nitrogens is 2. The van der Waals surface area contributed by atoms with Gasteiger partial charge in [-0.3, -0.25) is 15.1 Å². The van der Waals surface area contributed by atoms with E-state index in [1.165, 1.54) is 12.4 Å². The Hall–Kier alpha value is -1.98. The van der Waals surface area contributed by atoms with E-state index in [-0.39, 0.29) is 18.1 Å². The van der Waals surface area contributed by atoms with Crippen molar-refractivity contribution in [2.24, 2.45) is 5.92 Å². The molecule has 1 heterocycles. The lowest BCUT2D eigenvalue weighted by Crippen LogP contribution is -2.28. The minimum atomic E-state index is -0.597. The van der Waals surface area contributed by atoms with Crippen molar-refractivity contribution in [1.82, 2.24) is 9.97 Å². The van der Waals surface area contributed by atoms with Crippen molar-refractivity contribution in [3.63, 3.8) is 0 Å². The Labute approximate surface area is 124 Å². The fourth-order valence-electron chi connectivity index (χ4n) is 2.04. The number of hydrogen-bond donors (Lipinski definition) is 1. The summed E-state index contributed by atoms with van der Waals surface area (Å²) in [5, 5.41) is 2.56. The van der Waals surface area contributed by atoms with Crippen LogP contribution in [0.2, 0.25) is 0 Å². The van der Waals surface area contributed by atoms with Crippen molar-refractivity contribution in [3.05, 3.63) is 18.1 Å². The smallest absolute Gasteiger partial charge is 0.413 e. The van der Waals surface area contributed by atoms with E-state index in [0.717, 1.165) is 19.3 Å². The molecule has 0 spiro atoms. The van der Waals surface area contributed by atoms with Gasteiger partial charge in [-0.15, -0.1) is 0 Å². The summed E-state index contributed by atoms with van der Waals surface area (Å²) in [5.74, 6) is 0.592. The summed E-state index contributed by atoms with van der Waals surface area (Å²) >= 11 is 0. The lowest BCUT2D eigenvalue weighted by Gasteiger charge is -2.24. The molecule has 1 fully saturated rings. The van der Waals surface area contributed by atoms with Crippen LogP contribution in [0.15, 0.2) is 12.4 Å². The first-order valence-electron chi connectivity index (χ1n) is 7.18. The Morgan fingerprint density at radius 3 is 2.52 bits per heavy atom. The largest absolute Gasteiger partial charge is 0.444 e. The zero-order valence-corrected chi connectivity index (χ0v) is 12.7. The first-order chi connectivity index (χ1) is 9.85. The molecule has 0 aromatic carbocycles. The molecule has 0 bridgehead atoms. The van der Waals surface area contributed by atoms with E-state index < -0.39 is 11.7 Å². The molecule has 1 aromatic rings. The maximum Gasteiger partial charge on any atom is 0.413 e. The molecule has 0 saturated heterocycles. The topological polar surface area (TPSA) is 81.2 Å². The zero-order valence-electron chi connectivity index (χ0n) is 12.7. The van der Waals surface area contributed by atoms with Gasteiger partial charge in [-0.2, -0.15) is 0 Å². The van der Waals surface area contributed by atoms with Crippen LogP contribution in [-0.2, 0) is 16.0 Å². The van der Waals surface area contributed by atoms with Gasteiger partial charge in [0.15, 0.2) is 5.82 Å². The highest BCUT2D eigenvalue weighted by Gasteiger charge is 2.26. The number of carbonyl (C=O) groups excluding carboxylic acids is 2. The van der Waals surface area contributed by atoms with Crippen LogP contribution < -0.4 is 5.32 Å². The summed E-state index contributed by atoms with van der Waals surface area (Å²) in [5.41, 5.74) is -0.103. The number of carbonyl (C=O) groups is 2. The third-order valence-electron chi connectivity index (χ3n) is 3.30. The van der Waals surface area contributed by atoms with Crippen LogP contribution in [0.1, 0.15) is 45.7 Å². The molecule has 1 aromatic heterocycles. The molecule has 0 aliphatic heterocycles. The minimum Gasteiger partial charge on any atom is -0.444 e. The van der Waals surface area contributed by atoms with E-state index in [2.05, 4.69) is 15.3 Å². The molecule has 0 unspecified atom stereocenters. The summed E-state index contributed by atoms with van der Waals surface area (Å²) in [7, 11) is 0. The SMILES string of the molecule is CC(C)(C)OC(=O)Nc1nccnc1CC(=O)C1CCC1. The molecule has 0 radical (unpaired) electrons. The molecular formula is C15H21N3O3. The molecule has 114 valence electrons. The number of rotatable bonds is 4. The number of hydrogen-bond acceptors (Lipinski definition) is 5. The standard InChI is InChI=1S/C15H21N3O3/c1-15(2,3)21-14(20)18-13-11(16-7-8-17-13)9-12(19)10-5-4-6-10/h7-8,10H,4-6,9H2,1-3H3,(H,17,18,20). The number of ether oxygens (including phenoxy) is 1. The second-order valence-electron chi connectivity index (χ2n) is 6.25. The average molecular weight is 291 g/mol.